The third-order valence-corrected chi connectivity index (χ3v) is 3.73. The Labute approximate surface area is 133 Å². The SMILES string of the molecule is CCOC(=O)[C@H]1CC(C(C)C)C(OC)N1C(=O)OC(C)(C)C. The minimum absolute atomic E-state index is 0.0620. The maximum Gasteiger partial charge on any atom is 0.413 e. The lowest BCUT2D eigenvalue weighted by molar-refractivity contribution is -0.151. The molecular weight excluding hydrogens is 286 g/mol. The highest BCUT2D eigenvalue weighted by Crippen LogP contribution is 2.37. The molecule has 0 N–H and O–H groups in total. The first kappa shape index (κ1) is 18.7. The number of nitrogens with zero attached hydrogens (tertiary/aromatic N) is 1. The van der Waals surface area contributed by atoms with Gasteiger partial charge in [0.1, 0.15) is 17.9 Å². The van der Waals surface area contributed by atoms with E-state index in [-0.39, 0.29) is 18.4 Å². The number of ether oxygens (including phenoxy) is 3. The normalized spacial score (nSPS) is 25.5. The van der Waals surface area contributed by atoms with Crippen LogP contribution in [0.15, 0.2) is 0 Å². The van der Waals surface area contributed by atoms with Crippen molar-refractivity contribution in [2.45, 2.75) is 65.8 Å². The van der Waals surface area contributed by atoms with Crippen molar-refractivity contribution in [1.29, 1.82) is 0 Å². The zero-order valence-corrected chi connectivity index (χ0v) is 14.7. The molecule has 1 aliphatic heterocycles. The molecule has 0 radical (unpaired) electrons. The van der Waals surface area contributed by atoms with Gasteiger partial charge in [-0.25, -0.2) is 9.59 Å². The van der Waals surface area contributed by atoms with Gasteiger partial charge in [-0.2, -0.15) is 0 Å². The Morgan fingerprint density at radius 3 is 2.27 bits per heavy atom. The van der Waals surface area contributed by atoms with E-state index in [4.69, 9.17) is 14.2 Å². The number of likely N-dealkylation sites (tertiary alicyclic amines) is 1. The Morgan fingerprint density at radius 1 is 1.27 bits per heavy atom. The molecule has 6 nitrogen and oxygen atoms in total. The number of carbonyl (C=O) groups is 2. The van der Waals surface area contributed by atoms with E-state index in [1.54, 1.807) is 34.8 Å². The van der Waals surface area contributed by atoms with Gasteiger partial charge in [-0.15, -0.1) is 0 Å². The van der Waals surface area contributed by atoms with Gasteiger partial charge in [-0.05, 0) is 40.0 Å². The molecule has 0 saturated carbocycles. The van der Waals surface area contributed by atoms with Crippen LogP contribution in [0.25, 0.3) is 0 Å². The van der Waals surface area contributed by atoms with E-state index in [0.29, 0.717) is 6.42 Å². The number of carbonyl (C=O) groups excluding carboxylic acids is 2. The van der Waals surface area contributed by atoms with Gasteiger partial charge < -0.3 is 14.2 Å². The molecule has 0 aliphatic carbocycles. The molecule has 1 rings (SSSR count). The first-order valence-corrected chi connectivity index (χ1v) is 7.83. The largest absolute Gasteiger partial charge is 0.464 e. The van der Waals surface area contributed by atoms with Crippen LogP contribution in [0.3, 0.4) is 0 Å². The van der Waals surface area contributed by atoms with Crippen molar-refractivity contribution in [2.24, 2.45) is 11.8 Å². The van der Waals surface area contributed by atoms with E-state index in [1.807, 2.05) is 0 Å². The second-order valence-corrected chi connectivity index (χ2v) is 6.93. The molecule has 0 aromatic carbocycles. The fourth-order valence-corrected chi connectivity index (χ4v) is 2.76. The van der Waals surface area contributed by atoms with E-state index < -0.39 is 29.9 Å². The third-order valence-electron chi connectivity index (χ3n) is 3.73. The number of rotatable bonds is 4. The second-order valence-electron chi connectivity index (χ2n) is 6.93. The lowest BCUT2D eigenvalue weighted by Gasteiger charge is -2.32. The quantitative estimate of drug-likeness (QED) is 0.746. The summed E-state index contributed by atoms with van der Waals surface area (Å²) in [5, 5.41) is 0. The third kappa shape index (κ3) is 4.35. The molecule has 1 aliphatic rings. The van der Waals surface area contributed by atoms with Crippen molar-refractivity contribution < 1.29 is 23.8 Å². The lowest BCUT2D eigenvalue weighted by Crippen LogP contribution is -2.49. The molecule has 1 fully saturated rings. The highest BCUT2D eigenvalue weighted by molar-refractivity contribution is 5.82. The summed E-state index contributed by atoms with van der Waals surface area (Å²) in [6, 6.07) is -0.660. The van der Waals surface area contributed by atoms with Gasteiger partial charge in [0, 0.05) is 13.0 Å². The monoisotopic (exact) mass is 315 g/mol. The highest BCUT2D eigenvalue weighted by Gasteiger charge is 2.50. The number of amides is 1. The van der Waals surface area contributed by atoms with Crippen molar-refractivity contribution in [2.75, 3.05) is 13.7 Å². The number of methoxy groups -OCH3 is 1. The first-order chi connectivity index (χ1) is 10.1. The highest BCUT2D eigenvalue weighted by atomic mass is 16.6. The van der Waals surface area contributed by atoms with Crippen molar-refractivity contribution in [3.8, 4) is 0 Å². The number of esters is 1. The van der Waals surface area contributed by atoms with Gasteiger partial charge in [-0.1, -0.05) is 13.8 Å². The summed E-state index contributed by atoms with van der Waals surface area (Å²) in [5.41, 5.74) is -0.634. The van der Waals surface area contributed by atoms with Crippen LogP contribution in [0.1, 0.15) is 48.0 Å². The Bertz CT molecular complexity index is 402. The molecule has 1 amide bonds. The van der Waals surface area contributed by atoms with Crippen LogP contribution in [0.2, 0.25) is 0 Å². The smallest absolute Gasteiger partial charge is 0.413 e. The lowest BCUT2D eigenvalue weighted by atomic mass is 9.92. The van der Waals surface area contributed by atoms with Gasteiger partial charge in [0.15, 0.2) is 0 Å². The number of hydrogen-bond donors (Lipinski definition) is 0. The summed E-state index contributed by atoms with van der Waals surface area (Å²) < 4.78 is 16.1. The summed E-state index contributed by atoms with van der Waals surface area (Å²) >= 11 is 0. The molecule has 6 heteroatoms. The molecule has 22 heavy (non-hydrogen) atoms. The molecule has 0 spiro atoms. The minimum atomic E-state index is -0.660. The summed E-state index contributed by atoms with van der Waals surface area (Å²) in [5.74, 6) is -0.0696. The summed E-state index contributed by atoms with van der Waals surface area (Å²) in [4.78, 5) is 26.2. The van der Waals surface area contributed by atoms with E-state index in [0.717, 1.165) is 0 Å². The maximum absolute atomic E-state index is 12.5. The molecular formula is C16H29NO5. The fraction of sp³-hybridized carbons (Fsp3) is 0.875. The Morgan fingerprint density at radius 2 is 1.86 bits per heavy atom. The van der Waals surface area contributed by atoms with Gasteiger partial charge in [0.25, 0.3) is 0 Å². The summed E-state index contributed by atoms with van der Waals surface area (Å²) in [6.45, 7) is 11.5. The van der Waals surface area contributed by atoms with Gasteiger partial charge in [0.05, 0.1) is 6.61 Å². The molecule has 3 atom stereocenters. The van der Waals surface area contributed by atoms with Crippen LogP contribution in [-0.2, 0) is 19.0 Å². The molecule has 0 aromatic heterocycles. The maximum atomic E-state index is 12.5. The molecule has 1 saturated heterocycles. The average Bonchev–Trinajstić information content (AvgIpc) is 2.76. The molecule has 1 heterocycles. The summed E-state index contributed by atoms with van der Waals surface area (Å²) in [7, 11) is 1.55. The van der Waals surface area contributed by atoms with Crippen LogP contribution in [0, 0.1) is 11.8 Å². The van der Waals surface area contributed by atoms with E-state index in [1.165, 1.54) is 4.90 Å². The Balaban J connectivity index is 3.07. The molecule has 0 aromatic rings. The van der Waals surface area contributed by atoms with Crippen LogP contribution in [-0.4, -0.2) is 48.5 Å². The van der Waals surface area contributed by atoms with Crippen LogP contribution >= 0.6 is 0 Å². The Kier molecular flexibility index (Phi) is 6.23. The molecule has 0 bridgehead atoms. The van der Waals surface area contributed by atoms with Crippen molar-refractivity contribution in [3.63, 3.8) is 0 Å². The van der Waals surface area contributed by atoms with E-state index in [9.17, 15) is 9.59 Å². The van der Waals surface area contributed by atoms with Gasteiger partial charge in [0.2, 0.25) is 0 Å². The first-order valence-electron chi connectivity index (χ1n) is 7.83. The predicted molar refractivity (Wildman–Crippen MR) is 82.2 cm³/mol. The van der Waals surface area contributed by atoms with Crippen LogP contribution in [0.4, 0.5) is 4.79 Å². The fourth-order valence-electron chi connectivity index (χ4n) is 2.76. The zero-order valence-electron chi connectivity index (χ0n) is 14.7. The average molecular weight is 315 g/mol. The summed E-state index contributed by atoms with van der Waals surface area (Å²) in [6.07, 6.45) is -0.501. The zero-order chi connectivity index (χ0) is 17.1. The second kappa shape index (κ2) is 7.31. The van der Waals surface area contributed by atoms with E-state index in [2.05, 4.69) is 13.8 Å². The van der Waals surface area contributed by atoms with Gasteiger partial charge >= 0.3 is 12.1 Å². The van der Waals surface area contributed by atoms with Gasteiger partial charge in [-0.3, -0.25) is 4.90 Å². The molecule has 128 valence electrons. The van der Waals surface area contributed by atoms with Crippen molar-refractivity contribution >= 4 is 12.1 Å². The van der Waals surface area contributed by atoms with Crippen molar-refractivity contribution in [3.05, 3.63) is 0 Å². The standard InChI is InChI=1S/C16H29NO5/c1-8-21-14(18)12-9-11(10(2)3)13(20-7)17(12)15(19)22-16(4,5)6/h10-13H,8-9H2,1-7H3/t11?,12-,13?/m1/s1. The molecule has 2 unspecified atom stereocenters. The number of hydrogen-bond acceptors (Lipinski definition) is 5. The predicted octanol–water partition coefficient (Wildman–Crippen LogP) is 2.80. The van der Waals surface area contributed by atoms with Crippen LogP contribution in [0.5, 0.6) is 0 Å². The minimum Gasteiger partial charge on any atom is -0.464 e. The van der Waals surface area contributed by atoms with Crippen LogP contribution < -0.4 is 0 Å². The van der Waals surface area contributed by atoms with E-state index >= 15 is 0 Å². The van der Waals surface area contributed by atoms with Crippen molar-refractivity contribution in [1.82, 2.24) is 4.90 Å². The Hall–Kier alpha value is -1.30. The topological polar surface area (TPSA) is 65.1 Å².